The first-order chi connectivity index (χ1) is 26.3. The summed E-state index contributed by atoms with van der Waals surface area (Å²) in [7, 11) is 0. The zero-order valence-electron chi connectivity index (χ0n) is 28.8. The molecule has 0 fully saturated rings. The van der Waals surface area contributed by atoms with E-state index in [-0.39, 0.29) is 0 Å². The first kappa shape index (κ1) is 30.6. The van der Waals surface area contributed by atoms with Gasteiger partial charge >= 0.3 is 0 Å². The van der Waals surface area contributed by atoms with E-state index < -0.39 is 0 Å². The maximum Gasteiger partial charge on any atom is 0.160 e. The molecule has 0 aliphatic heterocycles. The lowest BCUT2D eigenvalue weighted by Crippen LogP contribution is -1.97. The van der Waals surface area contributed by atoms with E-state index in [0.29, 0.717) is 5.82 Å². The number of pyridine rings is 1. The van der Waals surface area contributed by atoms with E-state index in [9.17, 15) is 0 Å². The van der Waals surface area contributed by atoms with E-state index in [1.807, 2.05) is 30.5 Å². The van der Waals surface area contributed by atoms with Gasteiger partial charge in [0.1, 0.15) is 0 Å². The Labute approximate surface area is 307 Å². The zero-order chi connectivity index (χ0) is 35.1. The molecule has 0 saturated heterocycles. The number of para-hydroxylation sites is 2. The van der Waals surface area contributed by atoms with Crippen LogP contribution >= 0.6 is 0 Å². The second kappa shape index (κ2) is 12.9. The molecule has 10 rings (SSSR count). The van der Waals surface area contributed by atoms with Crippen molar-refractivity contribution in [2.75, 3.05) is 0 Å². The Balaban J connectivity index is 1.07. The molecule has 248 valence electrons. The van der Waals surface area contributed by atoms with Crippen LogP contribution in [-0.4, -0.2) is 19.5 Å². The molecular weight excluding hydrogens is 645 g/mol. The van der Waals surface area contributed by atoms with E-state index in [1.165, 1.54) is 38.3 Å². The fourth-order valence-electron chi connectivity index (χ4n) is 7.58. The normalized spacial score (nSPS) is 11.4. The molecule has 53 heavy (non-hydrogen) atoms. The lowest BCUT2D eigenvalue weighted by Gasteiger charge is -2.15. The van der Waals surface area contributed by atoms with Crippen molar-refractivity contribution in [1.82, 2.24) is 19.5 Å². The standard InChI is InChI=1S/C49H32N4/c1-2-11-36(12-3-1)49-51-45(35-22-20-33(21-23-35)37-13-10-30-50-32-37)31-46(52-49)42-29-28-39(40-14-4-5-15-41(40)42)34-24-26-38(27-25-34)53-47-18-8-6-16-43(47)44-17-7-9-19-48(44)53/h1-32H. The largest absolute Gasteiger partial charge is 0.309 e. The lowest BCUT2D eigenvalue weighted by molar-refractivity contribution is 1.18. The minimum absolute atomic E-state index is 0.697. The molecule has 0 amide bonds. The molecule has 10 aromatic rings. The number of hydrogen-bond donors (Lipinski definition) is 0. The molecule has 0 aliphatic carbocycles. The van der Waals surface area contributed by atoms with Gasteiger partial charge < -0.3 is 4.57 Å². The van der Waals surface area contributed by atoms with Gasteiger partial charge in [0.2, 0.25) is 0 Å². The van der Waals surface area contributed by atoms with Gasteiger partial charge in [-0.2, -0.15) is 0 Å². The van der Waals surface area contributed by atoms with Crippen LogP contribution in [0.15, 0.2) is 194 Å². The Morgan fingerprint density at radius 3 is 1.58 bits per heavy atom. The summed E-state index contributed by atoms with van der Waals surface area (Å²) >= 11 is 0. The monoisotopic (exact) mass is 676 g/mol. The molecule has 0 N–H and O–H groups in total. The minimum Gasteiger partial charge on any atom is -0.309 e. The van der Waals surface area contributed by atoms with Crippen molar-refractivity contribution in [3.63, 3.8) is 0 Å². The van der Waals surface area contributed by atoms with E-state index in [0.717, 1.165) is 50.3 Å². The Hall–Kier alpha value is -7.17. The number of rotatable bonds is 6. The fraction of sp³-hybridized carbons (Fsp3) is 0. The van der Waals surface area contributed by atoms with Crippen molar-refractivity contribution in [2.24, 2.45) is 0 Å². The van der Waals surface area contributed by atoms with Crippen LogP contribution in [0, 0.1) is 0 Å². The molecule has 0 radical (unpaired) electrons. The smallest absolute Gasteiger partial charge is 0.160 e. The van der Waals surface area contributed by atoms with E-state index in [1.54, 1.807) is 6.20 Å². The zero-order valence-corrected chi connectivity index (χ0v) is 28.8. The van der Waals surface area contributed by atoms with Gasteiger partial charge in [-0.15, -0.1) is 0 Å². The fourth-order valence-corrected chi connectivity index (χ4v) is 7.58. The Morgan fingerprint density at radius 2 is 0.906 bits per heavy atom. The molecule has 7 aromatic carbocycles. The molecule has 0 unspecified atom stereocenters. The van der Waals surface area contributed by atoms with Crippen LogP contribution in [0.5, 0.6) is 0 Å². The third-order valence-electron chi connectivity index (χ3n) is 10.2. The van der Waals surface area contributed by atoms with Crippen LogP contribution in [0.25, 0.3) is 94.4 Å². The third kappa shape index (κ3) is 5.45. The van der Waals surface area contributed by atoms with Gasteiger partial charge in [-0.05, 0) is 69.4 Å². The quantitative estimate of drug-likeness (QED) is 0.176. The Bertz CT molecular complexity index is 2860. The average molecular weight is 677 g/mol. The molecule has 3 heterocycles. The lowest BCUT2D eigenvalue weighted by atomic mass is 9.93. The van der Waals surface area contributed by atoms with Gasteiger partial charge in [-0.25, -0.2) is 9.97 Å². The molecule has 0 bridgehead atoms. The summed E-state index contributed by atoms with van der Waals surface area (Å²) in [5, 5.41) is 4.85. The highest BCUT2D eigenvalue weighted by molar-refractivity contribution is 6.09. The molecule has 0 atom stereocenters. The Kier molecular flexibility index (Phi) is 7.43. The SMILES string of the molecule is c1ccc(-c2nc(-c3ccc(-c4cccnc4)cc3)cc(-c3ccc(-c4ccc(-n5c6ccccc6c6ccccc65)cc4)c4ccccc34)n2)cc1. The average Bonchev–Trinajstić information content (AvgIpc) is 3.58. The number of aromatic nitrogens is 4. The minimum atomic E-state index is 0.697. The maximum atomic E-state index is 5.18. The molecule has 0 spiro atoms. The second-order valence-electron chi connectivity index (χ2n) is 13.3. The van der Waals surface area contributed by atoms with Crippen LogP contribution in [0.2, 0.25) is 0 Å². The third-order valence-corrected chi connectivity index (χ3v) is 10.2. The Morgan fingerprint density at radius 1 is 0.358 bits per heavy atom. The number of fused-ring (bicyclic) bond motifs is 4. The summed E-state index contributed by atoms with van der Waals surface area (Å²) in [6.07, 6.45) is 3.69. The highest BCUT2D eigenvalue weighted by atomic mass is 15.0. The van der Waals surface area contributed by atoms with Crippen molar-refractivity contribution in [1.29, 1.82) is 0 Å². The summed E-state index contributed by atoms with van der Waals surface area (Å²) in [5.41, 5.74) is 12.9. The number of benzene rings is 7. The van der Waals surface area contributed by atoms with Gasteiger partial charge in [-0.1, -0.05) is 146 Å². The van der Waals surface area contributed by atoms with Crippen molar-refractivity contribution in [3.8, 4) is 61.8 Å². The van der Waals surface area contributed by atoms with Crippen molar-refractivity contribution in [3.05, 3.63) is 194 Å². The molecule has 4 nitrogen and oxygen atoms in total. The molecule has 0 aliphatic rings. The van der Waals surface area contributed by atoms with Crippen LogP contribution in [0.3, 0.4) is 0 Å². The maximum absolute atomic E-state index is 5.18. The number of nitrogens with zero attached hydrogens (tertiary/aromatic N) is 4. The van der Waals surface area contributed by atoms with Gasteiger partial charge in [0.25, 0.3) is 0 Å². The van der Waals surface area contributed by atoms with Gasteiger partial charge in [0.05, 0.1) is 22.4 Å². The highest BCUT2D eigenvalue weighted by Gasteiger charge is 2.16. The second-order valence-corrected chi connectivity index (χ2v) is 13.3. The van der Waals surface area contributed by atoms with Gasteiger partial charge in [0.15, 0.2) is 5.82 Å². The van der Waals surface area contributed by atoms with E-state index in [4.69, 9.17) is 9.97 Å². The van der Waals surface area contributed by atoms with E-state index in [2.05, 4.69) is 167 Å². The van der Waals surface area contributed by atoms with Gasteiger partial charge in [-0.3, -0.25) is 4.98 Å². The van der Waals surface area contributed by atoms with Crippen LogP contribution in [0.4, 0.5) is 0 Å². The van der Waals surface area contributed by atoms with E-state index >= 15 is 0 Å². The summed E-state index contributed by atoms with van der Waals surface area (Å²) in [6, 6.07) is 64.2. The van der Waals surface area contributed by atoms with Crippen molar-refractivity contribution < 1.29 is 0 Å². The topological polar surface area (TPSA) is 43.6 Å². The molecular formula is C49H32N4. The highest BCUT2D eigenvalue weighted by Crippen LogP contribution is 2.38. The first-order valence-electron chi connectivity index (χ1n) is 17.8. The summed E-state index contributed by atoms with van der Waals surface area (Å²) in [5.74, 6) is 0.697. The van der Waals surface area contributed by atoms with Crippen LogP contribution in [0.1, 0.15) is 0 Å². The van der Waals surface area contributed by atoms with Crippen molar-refractivity contribution >= 4 is 32.6 Å². The van der Waals surface area contributed by atoms with Crippen LogP contribution in [-0.2, 0) is 0 Å². The van der Waals surface area contributed by atoms with Crippen LogP contribution < -0.4 is 0 Å². The number of hydrogen-bond acceptors (Lipinski definition) is 3. The molecule has 0 saturated carbocycles. The van der Waals surface area contributed by atoms with Crippen molar-refractivity contribution in [2.45, 2.75) is 0 Å². The summed E-state index contributed by atoms with van der Waals surface area (Å²) in [4.78, 5) is 14.6. The summed E-state index contributed by atoms with van der Waals surface area (Å²) < 4.78 is 2.36. The predicted octanol–water partition coefficient (Wildman–Crippen LogP) is 12.5. The molecule has 3 aromatic heterocycles. The first-order valence-corrected chi connectivity index (χ1v) is 17.8. The molecule has 4 heteroatoms. The summed E-state index contributed by atoms with van der Waals surface area (Å²) in [6.45, 7) is 0. The van der Waals surface area contributed by atoms with Gasteiger partial charge in [0, 0.05) is 45.5 Å². The predicted molar refractivity (Wildman–Crippen MR) is 219 cm³/mol.